The number of benzene rings is 2. The lowest BCUT2D eigenvalue weighted by Crippen LogP contribution is -2.05. The fourth-order valence-electron chi connectivity index (χ4n) is 1.78. The van der Waals surface area contributed by atoms with E-state index in [1.807, 2.05) is 0 Å². The second-order valence-corrected chi connectivity index (χ2v) is 4.14. The lowest BCUT2D eigenvalue weighted by Gasteiger charge is -2.11. The van der Waals surface area contributed by atoms with Crippen LogP contribution in [0, 0.1) is 23.0 Å². The molecule has 0 saturated carbocycles. The number of hydrogen-bond donors (Lipinski definition) is 1. The van der Waals surface area contributed by atoms with Gasteiger partial charge in [-0.25, -0.2) is 8.78 Å². The normalized spacial score (nSPS) is 10.1. The van der Waals surface area contributed by atoms with Gasteiger partial charge in [-0.3, -0.25) is 0 Å². The molecule has 0 aliphatic rings. The highest BCUT2D eigenvalue weighted by Crippen LogP contribution is 2.21. The number of ether oxygens (including phenoxy) is 1. The third-order valence-electron chi connectivity index (χ3n) is 2.82. The van der Waals surface area contributed by atoms with Crippen molar-refractivity contribution in [2.45, 2.75) is 13.2 Å². The molecule has 2 rings (SSSR count). The first-order chi connectivity index (χ1) is 9.65. The molecule has 3 nitrogen and oxygen atoms in total. The third kappa shape index (κ3) is 2.92. The van der Waals surface area contributed by atoms with Gasteiger partial charge in [-0.1, -0.05) is 12.1 Å². The summed E-state index contributed by atoms with van der Waals surface area (Å²) < 4.78 is 32.3. The van der Waals surface area contributed by atoms with E-state index >= 15 is 0 Å². The molecular formula is C15H12F2N2O. The molecule has 102 valence electrons. The molecule has 5 heteroatoms. The molecular weight excluding hydrogens is 262 g/mol. The first-order valence-electron chi connectivity index (χ1n) is 5.94. The highest BCUT2D eigenvalue weighted by molar-refractivity contribution is 5.36. The Morgan fingerprint density at radius 1 is 1.15 bits per heavy atom. The van der Waals surface area contributed by atoms with Gasteiger partial charge in [0, 0.05) is 17.7 Å². The van der Waals surface area contributed by atoms with Gasteiger partial charge in [0.1, 0.15) is 30.1 Å². The number of nitriles is 1. The molecule has 0 fully saturated rings. The predicted octanol–water partition coefficient (Wildman–Crippen LogP) is 2.87. The highest BCUT2D eigenvalue weighted by atomic mass is 19.1. The lowest BCUT2D eigenvalue weighted by molar-refractivity contribution is 0.296. The molecule has 0 atom stereocenters. The van der Waals surface area contributed by atoms with Gasteiger partial charge in [0.15, 0.2) is 0 Å². The molecule has 2 aromatic rings. The van der Waals surface area contributed by atoms with Crippen molar-refractivity contribution < 1.29 is 13.5 Å². The Morgan fingerprint density at radius 3 is 2.65 bits per heavy atom. The Hall–Kier alpha value is -2.45. The number of hydrogen-bond acceptors (Lipinski definition) is 3. The third-order valence-corrected chi connectivity index (χ3v) is 2.82. The van der Waals surface area contributed by atoms with Crippen LogP contribution in [0.25, 0.3) is 0 Å². The fourth-order valence-corrected chi connectivity index (χ4v) is 1.78. The van der Waals surface area contributed by atoms with Crippen molar-refractivity contribution in [2.75, 3.05) is 0 Å². The van der Waals surface area contributed by atoms with Crippen molar-refractivity contribution in [1.29, 1.82) is 5.26 Å². The average molecular weight is 274 g/mol. The Labute approximate surface area is 115 Å². The Balaban J connectivity index is 2.19. The van der Waals surface area contributed by atoms with Crippen molar-refractivity contribution >= 4 is 0 Å². The van der Waals surface area contributed by atoms with E-state index in [2.05, 4.69) is 0 Å². The van der Waals surface area contributed by atoms with Gasteiger partial charge >= 0.3 is 0 Å². The van der Waals surface area contributed by atoms with Crippen LogP contribution in [0.15, 0.2) is 36.4 Å². The molecule has 2 aromatic carbocycles. The van der Waals surface area contributed by atoms with Crippen molar-refractivity contribution in [3.8, 4) is 11.8 Å². The van der Waals surface area contributed by atoms with Crippen LogP contribution >= 0.6 is 0 Å². The molecule has 0 unspecified atom stereocenters. The van der Waals surface area contributed by atoms with Gasteiger partial charge in [0.2, 0.25) is 0 Å². The van der Waals surface area contributed by atoms with E-state index in [4.69, 9.17) is 15.7 Å². The van der Waals surface area contributed by atoms with Crippen LogP contribution in [-0.2, 0) is 13.2 Å². The van der Waals surface area contributed by atoms with Crippen LogP contribution in [-0.4, -0.2) is 0 Å². The van der Waals surface area contributed by atoms with Crippen LogP contribution in [0.5, 0.6) is 5.75 Å². The van der Waals surface area contributed by atoms with E-state index in [1.165, 1.54) is 30.3 Å². The summed E-state index contributed by atoms with van der Waals surface area (Å²) >= 11 is 0. The van der Waals surface area contributed by atoms with Gasteiger partial charge in [0.05, 0.1) is 5.56 Å². The van der Waals surface area contributed by atoms with Gasteiger partial charge in [-0.05, 0) is 24.3 Å². The molecule has 0 bridgehead atoms. The summed E-state index contributed by atoms with van der Waals surface area (Å²) in [5.74, 6) is -0.613. The molecule has 0 aromatic heterocycles. The zero-order valence-electron chi connectivity index (χ0n) is 10.6. The summed E-state index contributed by atoms with van der Waals surface area (Å²) in [4.78, 5) is 0. The summed E-state index contributed by atoms with van der Waals surface area (Å²) in [6, 6.07) is 10.2. The molecule has 0 amide bonds. The number of halogens is 2. The number of rotatable bonds is 4. The molecule has 0 aliphatic heterocycles. The summed E-state index contributed by atoms with van der Waals surface area (Å²) in [6.07, 6.45) is 0. The quantitative estimate of drug-likeness (QED) is 0.932. The van der Waals surface area contributed by atoms with Crippen LogP contribution in [0.1, 0.15) is 16.7 Å². The lowest BCUT2D eigenvalue weighted by atomic mass is 10.1. The van der Waals surface area contributed by atoms with E-state index in [0.29, 0.717) is 11.3 Å². The van der Waals surface area contributed by atoms with E-state index in [0.717, 1.165) is 0 Å². The zero-order valence-corrected chi connectivity index (χ0v) is 10.6. The van der Waals surface area contributed by atoms with Crippen molar-refractivity contribution in [2.24, 2.45) is 5.73 Å². The summed E-state index contributed by atoms with van der Waals surface area (Å²) in [6.45, 7) is 0.0633. The van der Waals surface area contributed by atoms with E-state index in [-0.39, 0.29) is 24.3 Å². The fraction of sp³-hybridized carbons (Fsp3) is 0.133. The summed E-state index contributed by atoms with van der Waals surface area (Å²) in [5.41, 5.74) is 6.22. The smallest absolute Gasteiger partial charge is 0.147 e. The Kier molecular flexibility index (Phi) is 4.28. The van der Waals surface area contributed by atoms with Gasteiger partial charge in [0.25, 0.3) is 0 Å². The first-order valence-corrected chi connectivity index (χ1v) is 5.94. The Bertz CT molecular complexity index is 665. The van der Waals surface area contributed by atoms with E-state index in [1.54, 1.807) is 12.1 Å². The zero-order chi connectivity index (χ0) is 14.5. The second kappa shape index (κ2) is 6.13. The minimum Gasteiger partial charge on any atom is -0.488 e. The van der Waals surface area contributed by atoms with Gasteiger partial charge in [-0.15, -0.1) is 0 Å². The van der Waals surface area contributed by atoms with Gasteiger partial charge in [-0.2, -0.15) is 5.26 Å². The summed E-state index contributed by atoms with van der Waals surface area (Å²) in [7, 11) is 0. The molecule has 0 saturated heterocycles. The van der Waals surface area contributed by atoms with Crippen molar-refractivity contribution in [1.82, 2.24) is 0 Å². The highest BCUT2D eigenvalue weighted by Gasteiger charge is 2.09. The molecule has 2 N–H and O–H groups in total. The Morgan fingerprint density at radius 2 is 1.95 bits per heavy atom. The maximum absolute atomic E-state index is 13.8. The molecule has 0 heterocycles. The maximum Gasteiger partial charge on any atom is 0.147 e. The maximum atomic E-state index is 13.8. The van der Waals surface area contributed by atoms with Crippen molar-refractivity contribution in [3.05, 3.63) is 64.7 Å². The topological polar surface area (TPSA) is 59.0 Å². The monoisotopic (exact) mass is 274 g/mol. The minimum atomic E-state index is -0.605. The largest absolute Gasteiger partial charge is 0.488 e. The number of nitrogens with two attached hydrogens (primary N) is 1. The van der Waals surface area contributed by atoms with Crippen LogP contribution in [0.4, 0.5) is 8.78 Å². The van der Waals surface area contributed by atoms with Crippen LogP contribution < -0.4 is 10.5 Å². The van der Waals surface area contributed by atoms with E-state index < -0.39 is 11.6 Å². The average Bonchev–Trinajstić information content (AvgIpc) is 2.47. The predicted molar refractivity (Wildman–Crippen MR) is 69.7 cm³/mol. The second-order valence-electron chi connectivity index (χ2n) is 4.14. The van der Waals surface area contributed by atoms with E-state index in [9.17, 15) is 8.78 Å². The number of nitrogens with zero attached hydrogens (tertiary/aromatic N) is 1. The standard InChI is InChI=1S/C15H12F2N2O/c16-13-4-5-14(12(6-13)8-19)20-9-11-3-1-2-10(7-18)15(11)17/h1-6H,8-9,19H2. The van der Waals surface area contributed by atoms with Gasteiger partial charge < -0.3 is 10.5 Å². The SMILES string of the molecule is N#Cc1cccc(COc2ccc(F)cc2CN)c1F. The van der Waals surface area contributed by atoms with Crippen LogP contribution in [0.2, 0.25) is 0 Å². The molecule has 20 heavy (non-hydrogen) atoms. The molecule has 0 aliphatic carbocycles. The molecule has 0 spiro atoms. The first kappa shape index (κ1) is 14.0. The minimum absolute atomic E-state index is 0.0377. The van der Waals surface area contributed by atoms with Crippen LogP contribution in [0.3, 0.4) is 0 Å². The molecule has 0 radical (unpaired) electrons. The van der Waals surface area contributed by atoms with Crippen molar-refractivity contribution in [3.63, 3.8) is 0 Å². The summed E-state index contributed by atoms with van der Waals surface area (Å²) in [5, 5.41) is 8.75.